The molecular formula is C15H17BrN2O. The second-order valence-corrected chi connectivity index (χ2v) is 5.26. The van der Waals surface area contributed by atoms with Crippen LogP contribution in [0.25, 0.3) is 10.8 Å². The molecule has 0 aromatic heterocycles. The summed E-state index contributed by atoms with van der Waals surface area (Å²) in [5.74, 6) is 0.00880. The Hall–Kier alpha value is -1.55. The van der Waals surface area contributed by atoms with Crippen molar-refractivity contribution in [3.63, 3.8) is 0 Å². The molecule has 2 rings (SSSR count). The van der Waals surface area contributed by atoms with E-state index in [-0.39, 0.29) is 11.9 Å². The van der Waals surface area contributed by atoms with Crippen molar-refractivity contribution >= 4 is 38.3 Å². The highest BCUT2D eigenvalue weighted by Gasteiger charge is 2.13. The summed E-state index contributed by atoms with van der Waals surface area (Å²) >= 11 is 3.54. The molecule has 0 radical (unpaired) electrons. The minimum Gasteiger partial charge on any atom is -0.373 e. The SMILES string of the molecule is CCNC(=O)C(C)Nc1ccc(Br)c2ccccc12. The molecule has 100 valence electrons. The molecule has 0 aliphatic rings. The molecule has 1 amide bonds. The number of fused-ring (bicyclic) bond motifs is 1. The number of carbonyl (C=O) groups excluding carboxylic acids is 1. The monoisotopic (exact) mass is 320 g/mol. The van der Waals surface area contributed by atoms with Gasteiger partial charge in [-0.15, -0.1) is 0 Å². The molecule has 19 heavy (non-hydrogen) atoms. The molecule has 2 aromatic carbocycles. The number of halogens is 1. The molecule has 0 spiro atoms. The summed E-state index contributed by atoms with van der Waals surface area (Å²) in [5.41, 5.74) is 0.970. The normalized spacial score (nSPS) is 12.2. The molecular weight excluding hydrogens is 304 g/mol. The Kier molecular flexibility index (Phi) is 4.43. The molecule has 3 nitrogen and oxygen atoms in total. The van der Waals surface area contributed by atoms with Crippen LogP contribution in [0, 0.1) is 0 Å². The summed E-state index contributed by atoms with van der Waals surface area (Å²) in [6.07, 6.45) is 0. The maximum absolute atomic E-state index is 11.8. The quantitative estimate of drug-likeness (QED) is 0.904. The van der Waals surface area contributed by atoms with Crippen LogP contribution in [0.2, 0.25) is 0 Å². The summed E-state index contributed by atoms with van der Waals surface area (Å²) in [6, 6.07) is 11.8. The first-order valence-electron chi connectivity index (χ1n) is 6.35. The van der Waals surface area contributed by atoms with Crippen molar-refractivity contribution in [2.24, 2.45) is 0 Å². The fraction of sp³-hybridized carbons (Fsp3) is 0.267. The number of hydrogen-bond acceptors (Lipinski definition) is 2. The molecule has 2 N–H and O–H groups in total. The van der Waals surface area contributed by atoms with Crippen molar-refractivity contribution in [2.75, 3.05) is 11.9 Å². The predicted molar refractivity (Wildman–Crippen MR) is 83.4 cm³/mol. The molecule has 0 saturated heterocycles. The molecule has 0 aliphatic carbocycles. The Bertz CT molecular complexity index is 598. The van der Waals surface area contributed by atoms with E-state index in [1.165, 1.54) is 0 Å². The highest BCUT2D eigenvalue weighted by molar-refractivity contribution is 9.10. The van der Waals surface area contributed by atoms with E-state index in [1.807, 2.05) is 44.2 Å². The number of amides is 1. The number of nitrogens with one attached hydrogen (secondary N) is 2. The molecule has 1 atom stereocenters. The third kappa shape index (κ3) is 3.07. The summed E-state index contributed by atoms with van der Waals surface area (Å²) < 4.78 is 1.05. The van der Waals surface area contributed by atoms with Gasteiger partial charge in [-0.2, -0.15) is 0 Å². The fourth-order valence-corrected chi connectivity index (χ4v) is 2.49. The number of carbonyl (C=O) groups is 1. The molecule has 1 unspecified atom stereocenters. The van der Waals surface area contributed by atoms with E-state index in [2.05, 4.69) is 32.6 Å². The van der Waals surface area contributed by atoms with Crippen molar-refractivity contribution in [3.05, 3.63) is 40.9 Å². The van der Waals surface area contributed by atoms with Gasteiger partial charge in [0.15, 0.2) is 0 Å². The van der Waals surface area contributed by atoms with Gasteiger partial charge in [-0.05, 0) is 31.4 Å². The van der Waals surface area contributed by atoms with Crippen LogP contribution in [0.15, 0.2) is 40.9 Å². The highest BCUT2D eigenvalue weighted by Crippen LogP contribution is 2.30. The Balaban J connectivity index is 2.31. The lowest BCUT2D eigenvalue weighted by Gasteiger charge is -2.16. The summed E-state index contributed by atoms with van der Waals surface area (Å²) in [5, 5.41) is 8.32. The van der Waals surface area contributed by atoms with Gasteiger partial charge in [0.2, 0.25) is 5.91 Å². The number of likely N-dealkylation sites (N-methyl/N-ethyl adjacent to an activating group) is 1. The zero-order chi connectivity index (χ0) is 13.8. The van der Waals surface area contributed by atoms with Gasteiger partial charge < -0.3 is 10.6 Å². The molecule has 4 heteroatoms. The topological polar surface area (TPSA) is 41.1 Å². The summed E-state index contributed by atoms with van der Waals surface area (Å²) in [7, 11) is 0. The predicted octanol–water partition coefficient (Wildman–Crippen LogP) is 3.54. The van der Waals surface area contributed by atoms with Gasteiger partial charge in [0.25, 0.3) is 0 Å². The minimum atomic E-state index is -0.260. The van der Waals surface area contributed by atoms with Crippen molar-refractivity contribution in [3.8, 4) is 0 Å². The fourth-order valence-electron chi connectivity index (χ4n) is 2.01. The zero-order valence-electron chi connectivity index (χ0n) is 11.0. The van der Waals surface area contributed by atoms with E-state index >= 15 is 0 Å². The molecule has 2 aromatic rings. The van der Waals surface area contributed by atoms with Crippen molar-refractivity contribution in [1.29, 1.82) is 0 Å². The van der Waals surface area contributed by atoms with E-state index in [0.29, 0.717) is 6.54 Å². The lowest BCUT2D eigenvalue weighted by Crippen LogP contribution is -2.37. The highest BCUT2D eigenvalue weighted by atomic mass is 79.9. The Morgan fingerprint density at radius 3 is 2.58 bits per heavy atom. The van der Waals surface area contributed by atoms with Gasteiger partial charge in [-0.3, -0.25) is 4.79 Å². The Morgan fingerprint density at radius 1 is 1.21 bits per heavy atom. The van der Waals surface area contributed by atoms with E-state index in [9.17, 15) is 4.79 Å². The van der Waals surface area contributed by atoms with Crippen molar-refractivity contribution < 1.29 is 4.79 Å². The summed E-state index contributed by atoms with van der Waals surface area (Å²) in [6.45, 7) is 4.42. The van der Waals surface area contributed by atoms with Gasteiger partial charge >= 0.3 is 0 Å². The van der Waals surface area contributed by atoms with E-state index in [1.54, 1.807) is 0 Å². The van der Waals surface area contributed by atoms with Crippen LogP contribution in [-0.2, 0) is 4.79 Å². The van der Waals surface area contributed by atoms with E-state index < -0.39 is 0 Å². The van der Waals surface area contributed by atoms with Gasteiger partial charge in [-0.1, -0.05) is 40.2 Å². The molecule has 0 saturated carbocycles. The number of hydrogen-bond donors (Lipinski definition) is 2. The Morgan fingerprint density at radius 2 is 1.89 bits per heavy atom. The van der Waals surface area contributed by atoms with Crippen molar-refractivity contribution in [1.82, 2.24) is 5.32 Å². The van der Waals surface area contributed by atoms with Crippen LogP contribution in [0.5, 0.6) is 0 Å². The van der Waals surface area contributed by atoms with Gasteiger partial charge in [0.05, 0.1) is 0 Å². The smallest absolute Gasteiger partial charge is 0.242 e. The lowest BCUT2D eigenvalue weighted by atomic mass is 10.1. The molecule has 0 bridgehead atoms. The lowest BCUT2D eigenvalue weighted by molar-refractivity contribution is -0.121. The minimum absolute atomic E-state index is 0.00880. The third-order valence-corrected chi connectivity index (χ3v) is 3.68. The van der Waals surface area contributed by atoms with Crippen LogP contribution in [0.1, 0.15) is 13.8 Å². The number of anilines is 1. The maximum atomic E-state index is 11.8. The first-order valence-corrected chi connectivity index (χ1v) is 7.14. The first kappa shape index (κ1) is 13.9. The van der Waals surface area contributed by atoms with Crippen LogP contribution >= 0.6 is 15.9 Å². The maximum Gasteiger partial charge on any atom is 0.242 e. The largest absolute Gasteiger partial charge is 0.373 e. The number of rotatable bonds is 4. The van der Waals surface area contributed by atoms with Gasteiger partial charge in [0, 0.05) is 22.1 Å². The second-order valence-electron chi connectivity index (χ2n) is 4.40. The molecule has 0 aliphatic heterocycles. The number of benzene rings is 2. The zero-order valence-corrected chi connectivity index (χ0v) is 12.6. The van der Waals surface area contributed by atoms with Crippen LogP contribution in [0.3, 0.4) is 0 Å². The van der Waals surface area contributed by atoms with E-state index in [4.69, 9.17) is 0 Å². The molecule has 0 heterocycles. The third-order valence-electron chi connectivity index (χ3n) is 2.99. The van der Waals surface area contributed by atoms with Gasteiger partial charge in [0.1, 0.15) is 6.04 Å². The second kappa shape index (κ2) is 6.06. The molecule has 0 fully saturated rings. The average molecular weight is 321 g/mol. The van der Waals surface area contributed by atoms with Crippen molar-refractivity contribution in [2.45, 2.75) is 19.9 Å². The van der Waals surface area contributed by atoms with E-state index in [0.717, 1.165) is 20.9 Å². The van der Waals surface area contributed by atoms with Crippen LogP contribution in [-0.4, -0.2) is 18.5 Å². The summed E-state index contributed by atoms with van der Waals surface area (Å²) in [4.78, 5) is 11.8. The first-order chi connectivity index (χ1) is 9.13. The van der Waals surface area contributed by atoms with Crippen LogP contribution in [0.4, 0.5) is 5.69 Å². The Labute approximate surface area is 121 Å². The average Bonchev–Trinajstić information content (AvgIpc) is 2.42. The van der Waals surface area contributed by atoms with Crippen LogP contribution < -0.4 is 10.6 Å². The van der Waals surface area contributed by atoms with Gasteiger partial charge in [-0.25, -0.2) is 0 Å². The standard InChI is InChI=1S/C15H17BrN2O/c1-3-17-15(19)10(2)18-14-9-8-13(16)11-6-4-5-7-12(11)14/h4-10,18H,3H2,1-2H3,(H,17,19).